The van der Waals surface area contributed by atoms with Crippen LogP contribution < -0.4 is 15.8 Å². The average molecular weight is 221 g/mol. The predicted molar refractivity (Wildman–Crippen MR) is 65.6 cm³/mol. The summed E-state index contributed by atoms with van der Waals surface area (Å²) in [5, 5.41) is 3.29. The molecule has 0 amide bonds. The monoisotopic (exact) mass is 221 g/mol. The van der Waals surface area contributed by atoms with E-state index in [0.717, 1.165) is 18.3 Å². The Morgan fingerprint density at radius 2 is 2.25 bits per heavy atom. The molecule has 0 spiro atoms. The van der Waals surface area contributed by atoms with E-state index >= 15 is 0 Å². The van der Waals surface area contributed by atoms with Crippen molar-refractivity contribution in [2.24, 2.45) is 11.3 Å². The minimum atomic E-state index is 0.473. The highest BCUT2D eigenvalue weighted by atomic mass is 16.5. The Morgan fingerprint density at radius 3 is 2.81 bits per heavy atom. The van der Waals surface area contributed by atoms with Gasteiger partial charge in [0, 0.05) is 12.6 Å². The standard InChI is InChI=1S/C12H19N3O/c1-12(2)6-8(12)7-14-11-9(13)4-5-10(15-11)16-3/h4-5,8H,6-7,13H2,1-3H3,(H,14,15). The Hall–Kier alpha value is -1.45. The van der Waals surface area contributed by atoms with Crippen molar-refractivity contribution in [3.8, 4) is 5.88 Å². The number of nitrogens with zero attached hydrogens (tertiary/aromatic N) is 1. The molecule has 0 bridgehead atoms. The van der Waals surface area contributed by atoms with Crippen molar-refractivity contribution in [3.05, 3.63) is 12.1 Å². The smallest absolute Gasteiger partial charge is 0.215 e. The van der Waals surface area contributed by atoms with Gasteiger partial charge in [-0.1, -0.05) is 13.8 Å². The number of aromatic nitrogens is 1. The second-order valence-electron chi connectivity index (χ2n) is 5.06. The molecule has 0 aromatic carbocycles. The Labute approximate surface area is 96.2 Å². The summed E-state index contributed by atoms with van der Waals surface area (Å²) in [4.78, 5) is 4.28. The Bertz CT molecular complexity index is 390. The molecule has 0 aliphatic heterocycles. The highest BCUT2D eigenvalue weighted by Gasteiger charge is 2.45. The highest BCUT2D eigenvalue weighted by Crippen LogP contribution is 2.51. The zero-order valence-corrected chi connectivity index (χ0v) is 10.1. The van der Waals surface area contributed by atoms with Gasteiger partial charge in [-0.3, -0.25) is 0 Å². The molecule has 1 unspecified atom stereocenters. The van der Waals surface area contributed by atoms with Gasteiger partial charge in [-0.25, -0.2) is 0 Å². The van der Waals surface area contributed by atoms with Gasteiger partial charge in [0.25, 0.3) is 0 Å². The maximum atomic E-state index is 5.84. The molecule has 16 heavy (non-hydrogen) atoms. The first kappa shape index (κ1) is 11.0. The van der Waals surface area contributed by atoms with Crippen LogP contribution in [0.15, 0.2) is 12.1 Å². The van der Waals surface area contributed by atoms with Gasteiger partial charge in [0.05, 0.1) is 12.8 Å². The molecule has 0 saturated heterocycles. The molecule has 3 N–H and O–H groups in total. The van der Waals surface area contributed by atoms with Crippen molar-refractivity contribution < 1.29 is 4.74 Å². The third-order valence-electron chi connectivity index (χ3n) is 3.34. The van der Waals surface area contributed by atoms with Gasteiger partial charge in [0.2, 0.25) is 5.88 Å². The lowest BCUT2D eigenvalue weighted by molar-refractivity contribution is 0.398. The fourth-order valence-corrected chi connectivity index (χ4v) is 1.85. The van der Waals surface area contributed by atoms with Gasteiger partial charge in [0.1, 0.15) is 0 Å². The zero-order valence-electron chi connectivity index (χ0n) is 10.1. The number of nitrogens with one attached hydrogen (secondary N) is 1. The van der Waals surface area contributed by atoms with Gasteiger partial charge in [-0.15, -0.1) is 0 Å². The van der Waals surface area contributed by atoms with Crippen LogP contribution in [0.4, 0.5) is 11.5 Å². The Kier molecular flexibility index (Phi) is 2.66. The number of anilines is 2. The number of methoxy groups -OCH3 is 1. The van der Waals surface area contributed by atoms with E-state index < -0.39 is 0 Å². The van der Waals surface area contributed by atoms with Crippen LogP contribution in [0.1, 0.15) is 20.3 Å². The summed E-state index contributed by atoms with van der Waals surface area (Å²) in [6, 6.07) is 3.58. The molecule has 4 heteroatoms. The van der Waals surface area contributed by atoms with E-state index in [2.05, 4.69) is 24.1 Å². The Balaban J connectivity index is 1.98. The van der Waals surface area contributed by atoms with Gasteiger partial charge >= 0.3 is 0 Å². The van der Waals surface area contributed by atoms with Crippen LogP contribution >= 0.6 is 0 Å². The van der Waals surface area contributed by atoms with E-state index in [4.69, 9.17) is 10.5 Å². The molecular weight excluding hydrogens is 202 g/mol. The summed E-state index contributed by atoms with van der Waals surface area (Å²) < 4.78 is 5.07. The first-order valence-electron chi connectivity index (χ1n) is 5.57. The van der Waals surface area contributed by atoms with E-state index in [9.17, 15) is 0 Å². The number of rotatable bonds is 4. The fraction of sp³-hybridized carbons (Fsp3) is 0.583. The van der Waals surface area contributed by atoms with Gasteiger partial charge in [-0.05, 0) is 23.8 Å². The van der Waals surface area contributed by atoms with E-state index in [1.54, 1.807) is 13.2 Å². The maximum absolute atomic E-state index is 5.84. The molecule has 4 nitrogen and oxygen atoms in total. The van der Waals surface area contributed by atoms with Gasteiger partial charge in [-0.2, -0.15) is 4.98 Å². The SMILES string of the molecule is COc1ccc(N)c(NCC2CC2(C)C)n1. The second-order valence-corrected chi connectivity index (χ2v) is 5.06. The summed E-state index contributed by atoms with van der Waals surface area (Å²) >= 11 is 0. The second kappa shape index (κ2) is 3.85. The summed E-state index contributed by atoms with van der Waals surface area (Å²) in [6.45, 7) is 5.49. The number of hydrogen-bond acceptors (Lipinski definition) is 4. The lowest BCUT2D eigenvalue weighted by atomic mass is 10.1. The number of hydrogen-bond donors (Lipinski definition) is 2. The fourth-order valence-electron chi connectivity index (χ4n) is 1.85. The first-order valence-corrected chi connectivity index (χ1v) is 5.57. The Morgan fingerprint density at radius 1 is 1.56 bits per heavy atom. The molecule has 1 saturated carbocycles. The number of ether oxygens (including phenoxy) is 1. The quantitative estimate of drug-likeness (QED) is 0.817. The largest absolute Gasteiger partial charge is 0.481 e. The molecule has 0 radical (unpaired) electrons. The molecule has 2 rings (SSSR count). The van der Waals surface area contributed by atoms with Crippen LogP contribution in [0.25, 0.3) is 0 Å². The van der Waals surface area contributed by atoms with Crippen molar-refractivity contribution >= 4 is 11.5 Å². The van der Waals surface area contributed by atoms with Crippen LogP contribution in [0.2, 0.25) is 0 Å². The van der Waals surface area contributed by atoms with E-state index in [-0.39, 0.29) is 0 Å². The highest BCUT2D eigenvalue weighted by molar-refractivity contribution is 5.62. The molecule has 1 aliphatic rings. The lowest BCUT2D eigenvalue weighted by Gasteiger charge is -2.10. The molecule has 1 fully saturated rings. The molecule has 1 aliphatic carbocycles. The average Bonchev–Trinajstić information content (AvgIpc) is 2.85. The zero-order chi connectivity index (χ0) is 11.8. The van der Waals surface area contributed by atoms with E-state index in [0.29, 0.717) is 17.0 Å². The molecule has 88 valence electrons. The molecule has 1 aromatic rings. The lowest BCUT2D eigenvalue weighted by Crippen LogP contribution is -2.10. The van der Waals surface area contributed by atoms with Crippen LogP contribution in [0.3, 0.4) is 0 Å². The van der Waals surface area contributed by atoms with Crippen molar-refractivity contribution in [3.63, 3.8) is 0 Å². The first-order chi connectivity index (χ1) is 7.53. The number of nitrogen functional groups attached to an aromatic ring is 1. The molecule has 1 aromatic heterocycles. The summed E-state index contributed by atoms with van der Waals surface area (Å²) in [6.07, 6.45) is 1.27. The predicted octanol–water partition coefficient (Wildman–Crippen LogP) is 2.13. The summed E-state index contributed by atoms with van der Waals surface area (Å²) in [5.74, 6) is 2.04. The van der Waals surface area contributed by atoms with Crippen molar-refractivity contribution in [2.45, 2.75) is 20.3 Å². The third kappa shape index (κ3) is 2.21. The van der Waals surface area contributed by atoms with Crippen molar-refractivity contribution in [2.75, 3.05) is 24.7 Å². The van der Waals surface area contributed by atoms with Crippen LogP contribution in [-0.2, 0) is 0 Å². The van der Waals surface area contributed by atoms with Crippen LogP contribution in [0, 0.1) is 11.3 Å². The number of nitrogens with two attached hydrogens (primary N) is 1. The van der Waals surface area contributed by atoms with Crippen molar-refractivity contribution in [1.29, 1.82) is 0 Å². The topological polar surface area (TPSA) is 60.2 Å². The molecular formula is C12H19N3O. The minimum absolute atomic E-state index is 0.473. The summed E-state index contributed by atoms with van der Waals surface area (Å²) in [7, 11) is 1.60. The van der Waals surface area contributed by atoms with Crippen molar-refractivity contribution in [1.82, 2.24) is 4.98 Å². The van der Waals surface area contributed by atoms with E-state index in [1.165, 1.54) is 6.42 Å². The van der Waals surface area contributed by atoms with Gasteiger partial charge < -0.3 is 15.8 Å². The maximum Gasteiger partial charge on any atom is 0.215 e. The van der Waals surface area contributed by atoms with Crippen LogP contribution in [-0.4, -0.2) is 18.6 Å². The third-order valence-corrected chi connectivity index (χ3v) is 3.34. The molecule has 1 atom stereocenters. The van der Waals surface area contributed by atoms with E-state index in [1.807, 2.05) is 6.07 Å². The molecule has 1 heterocycles. The van der Waals surface area contributed by atoms with Gasteiger partial charge in [0.15, 0.2) is 5.82 Å². The normalized spacial score (nSPS) is 21.6. The number of pyridine rings is 1. The minimum Gasteiger partial charge on any atom is -0.481 e. The van der Waals surface area contributed by atoms with Crippen LogP contribution in [0.5, 0.6) is 5.88 Å². The summed E-state index contributed by atoms with van der Waals surface area (Å²) in [5.41, 5.74) is 6.98.